The molecule has 2 N–H and O–H groups in total. The lowest BCUT2D eigenvalue weighted by atomic mass is 9.95. The predicted octanol–water partition coefficient (Wildman–Crippen LogP) is 1.51. The van der Waals surface area contributed by atoms with Crippen LogP contribution < -0.4 is 10.6 Å². The van der Waals surface area contributed by atoms with E-state index in [0.29, 0.717) is 5.56 Å². The second-order valence-corrected chi connectivity index (χ2v) is 8.02. The number of nitriles is 1. The summed E-state index contributed by atoms with van der Waals surface area (Å²) in [7, 11) is 1.19. The number of carbonyl (C=O) groups excluding carboxylic acids is 4. The van der Waals surface area contributed by atoms with E-state index < -0.39 is 55.2 Å². The molecule has 10 nitrogen and oxygen atoms in total. The van der Waals surface area contributed by atoms with E-state index in [1.165, 1.54) is 7.11 Å². The van der Waals surface area contributed by atoms with Gasteiger partial charge >= 0.3 is 12.1 Å². The SMILES string of the molecule is COC(=O)CNC(=O)C(c1cccc(C)c1C)N(CC#N)C(=O)CNC(=O)OC(C)(C)C. The number of amides is 3. The van der Waals surface area contributed by atoms with Crippen LogP contribution in [0.25, 0.3) is 0 Å². The Hall–Kier alpha value is -3.61. The summed E-state index contributed by atoms with van der Waals surface area (Å²) in [6.45, 7) is 7.37. The maximum Gasteiger partial charge on any atom is 0.408 e. The summed E-state index contributed by atoms with van der Waals surface area (Å²) in [6.07, 6.45) is -0.804. The van der Waals surface area contributed by atoms with Crippen LogP contribution in [0.15, 0.2) is 18.2 Å². The lowest BCUT2D eigenvalue weighted by Gasteiger charge is -2.31. The standard InChI is InChI=1S/C22H30N4O6/c1-14-8-7-9-16(15(14)2)19(20(29)24-13-18(28)31-6)26(11-10-23)17(27)12-25-21(30)32-22(3,4)5/h7-9,19H,11-13H2,1-6H3,(H,24,29)(H,25,30). The minimum absolute atomic E-state index is 0.401. The smallest absolute Gasteiger partial charge is 0.408 e. The van der Waals surface area contributed by atoms with Crippen molar-refractivity contribution in [3.8, 4) is 6.07 Å². The number of aryl methyl sites for hydroxylation is 1. The molecule has 0 saturated carbocycles. The predicted molar refractivity (Wildman–Crippen MR) is 115 cm³/mol. The van der Waals surface area contributed by atoms with Crippen molar-refractivity contribution >= 4 is 23.9 Å². The molecule has 3 amide bonds. The van der Waals surface area contributed by atoms with Crippen molar-refractivity contribution in [3.63, 3.8) is 0 Å². The number of rotatable bonds is 8. The third kappa shape index (κ3) is 7.91. The summed E-state index contributed by atoms with van der Waals surface area (Å²) in [5, 5.41) is 14.1. The molecule has 0 saturated heterocycles. The van der Waals surface area contributed by atoms with Crippen LogP contribution in [-0.4, -0.2) is 61.1 Å². The number of hydrogen-bond acceptors (Lipinski definition) is 7. The van der Waals surface area contributed by atoms with Crippen LogP contribution in [0.5, 0.6) is 0 Å². The van der Waals surface area contributed by atoms with Gasteiger partial charge in [-0.15, -0.1) is 0 Å². The normalized spacial score (nSPS) is 11.5. The molecular formula is C22H30N4O6. The van der Waals surface area contributed by atoms with E-state index in [2.05, 4.69) is 15.4 Å². The average molecular weight is 447 g/mol. The first-order chi connectivity index (χ1) is 14.9. The Kier molecular flexibility index (Phi) is 9.66. The molecule has 1 aromatic carbocycles. The van der Waals surface area contributed by atoms with Gasteiger partial charge in [-0.25, -0.2) is 4.79 Å². The first-order valence-corrected chi connectivity index (χ1v) is 9.95. The topological polar surface area (TPSA) is 138 Å². The molecule has 0 aliphatic heterocycles. The van der Waals surface area contributed by atoms with Crippen LogP contribution >= 0.6 is 0 Å². The van der Waals surface area contributed by atoms with Crippen LogP contribution in [-0.2, 0) is 23.9 Å². The lowest BCUT2D eigenvalue weighted by molar-refractivity contribution is -0.143. The molecule has 1 atom stereocenters. The quantitative estimate of drug-likeness (QED) is 0.456. The molecule has 0 aromatic heterocycles. The summed E-state index contributed by atoms with van der Waals surface area (Å²) < 4.78 is 9.66. The van der Waals surface area contributed by atoms with E-state index >= 15 is 0 Å². The van der Waals surface area contributed by atoms with Gasteiger partial charge in [-0.2, -0.15) is 5.26 Å². The molecule has 174 valence electrons. The van der Waals surface area contributed by atoms with Gasteiger partial charge in [0, 0.05) is 0 Å². The number of nitrogens with zero attached hydrogens (tertiary/aromatic N) is 2. The van der Waals surface area contributed by atoms with E-state index in [1.807, 2.05) is 19.1 Å². The van der Waals surface area contributed by atoms with Crippen molar-refractivity contribution < 1.29 is 28.7 Å². The van der Waals surface area contributed by atoms with Crippen molar-refractivity contribution in [2.24, 2.45) is 0 Å². The van der Waals surface area contributed by atoms with E-state index in [9.17, 15) is 24.4 Å². The van der Waals surface area contributed by atoms with E-state index in [1.54, 1.807) is 39.8 Å². The summed E-state index contributed by atoms with van der Waals surface area (Å²) in [5.74, 6) is -2.00. The third-order valence-electron chi connectivity index (χ3n) is 4.48. The second-order valence-electron chi connectivity index (χ2n) is 8.02. The number of carbonyl (C=O) groups is 4. The van der Waals surface area contributed by atoms with E-state index in [4.69, 9.17) is 4.74 Å². The number of benzene rings is 1. The van der Waals surface area contributed by atoms with E-state index in [0.717, 1.165) is 16.0 Å². The van der Waals surface area contributed by atoms with Gasteiger partial charge in [0.25, 0.3) is 0 Å². The number of nitrogens with one attached hydrogen (secondary N) is 2. The first kappa shape index (κ1) is 26.4. The van der Waals surface area contributed by atoms with Gasteiger partial charge in [0.1, 0.15) is 31.3 Å². The molecule has 0 aliphatic carbocycles. The van der Waals surface area contributed by atoms with Gasteiger partial charge in [0.05, 0.1) is 13.2 Å². The summed E-state index contributed by atoms with van der Waals surface area (Å²) in [4.78, 5) is 50.4. The maximum absolute atomic E-state index is 13.0. The molecule has 32 heavy (non-hydrogen) atoms. The molecule has 0 spiro atoms. The molecule has 0 bridgehead atoms. The molecule has 1 rings (SSSR count). The minimum atomic E-state index is -1.20. The highest BCUT2D eigenvalue weighted by atomic mass is 16.6. The Morgan fingerprint density at radius 2 is 1.78 bits per heavy atom. The van der Waals surface area contributed by atoms with Crippen LogP contribution in [0.3, 0.4) is 0 Å². The number of ether oxygens (including phenoxy) is 2. The number of esters is 1. The Balaban J connectivity index is 3.23. The van der Waals surface area contributed by atoms with Crippen molar-refractivity contribution in [3.05, 3.63) is 34.9 Å². The molecule has 10 heteroatoms. The number of hydrogen-bond donors (Lipinski definition) is 2. The van der Waals surface area contributed by atoms with Gasteiger partial charge in [-0.1, -0.05) is 18.2 Å². The zero-order valence-corrected chi connectivity index (χ0v) is 19.3. The highest BCUT2D eigenvalue weighted by Crippen LogP contribution is 2.26. The Morgan fingerprint density at radius 1 is 1.12 bits per heavy atom. The number of alkyl carbamates (subject to hydrolysis) is 1. The summed E-state index contributed by atoms with van der Waals surface area (Å²) in [6, 6.07) is 5.93. The Bertz CT molecular complexity index is 901. The monoisotopic (exact) mass is 446 g/mol. The minimum Gasteiger partial charge on any atom is -0.468 e. The summed E-state index contributed by atoms with van der Waals surface area (Å²) >= 11 is 0. The van der Waals surface area contributed by atoms with Crippen LogP contribution in [0, 0.1) is 25.2 Å². The van der Waals surface area contributed by atoms with Crippen molar-refractivity contribution in [2.45, 2.75) is 46.3 Å². The van der Waals surface area contributed by atoms with Crippen LogP contribution in [0.2, 0.25) is 0 Å². The fraction of sp³-hybridized carbons (Fsp3) is 0.500. The highest BCUT2D eigenvalue weighted by molar-refractivity contribution is 5.92. The van der Waals surface area contributed by atoms with Crippen LogP contribution in [0.4, 0.5) is 4.79 Å². The van der Waals surface area contributed by atoms with Gasteiger partial charge in [-0.05, 0) is 51.3 Å². The molecule has 0 heterocycles. The molecule has 0 fully saturated rings. The van der Waals surface area contributed by atoms with Crippen molar-refractivity contribution in [1.82, 2.24) is 15.5 Å². The van der Waals surface area contributed by atoms with Gasteiger partial charge in [0.2, 0.25) is 11.8 Å². The fourth-order valence-corrected chi connectivity index (χ4v) is 2.81. The van der Waals surface area contributed by atoms with Crippen molar-refractivity contribution in [1.29, 1.82) is 5.26 Å². The lowest BCUT2D eigenvalue weighted by Crippen LogP contribution is -2.48. The molecule has 1 aromatic rings. The van der Waals surface area contributed by atoms with Crippen LogP contribution in [0.1, 0.15) is 43.5 Å². The molecule has 0 radical (unpaired) electrons. The zero-order valence-electron chi connectivity index (χ0n) is 19.3. The Labute approximate surface area is 187 Å². The van der Waals surface area contributed by atoms with E-state index in [-0.39, 0.29) is 0 Å². The van der Waals surface area contributed by atoms with Gasteiger partial charge in [-0.3, -0.25) is 14.4 Å². The Morgan fingerprint density at radius 3 is 2.34 bits per heavy atom. The largest absolute Gasteiger partial charge is 0.468 e. The average Bonchev–Trinajstić information content (AvgIpc) is 2.71. The zero-order chi connectivity index (χ0) is 24.5. The van der Waals surface area contributed by atoms with Gasteiger partial charge < -0.3 is 25.0 Å². The molecular weight excluding hydrogens is 416 g/mol. The summed E-state index contributed by atoms with van der Waals surface area (Å²) in [5.41, 5.74) is 1.37. The van der Waals surface area contributed by atoms with Crippen molar-refractivity contribution in [2.75, 3.05) is 26.7 Å². The number of methoxy groups -OCH3 is 1. The first-order valence-electron chi connectivity index (χ1n) is 9.95. The third-order valence-corrected chi connectivity index (χ3v) is 4.48. The highest BCUT2D eigenvalue weighted by Gasteiger charge is 2.33. The molecule has 0 aliphatic rings. The molecule has 1 unspecified atom stereocenters. The van der Waals surface area contributed by atoms with Gasteiger partial charge in [0.15, 0.2) is 0 Å². The maximum atomic E-state index is 13.0. The second kappa shape index (κ2) is 11.7. The fourth-order valence-electron chi connectivity index (χ4n) is 2.81.